The molecule has 3 aromatic rings. The van der Waals surface area contributed by atoms with Gasteiger partial charge >= 0.3 is 6.03 Å². The third kappa shape index (κ3) is 5.49. The summed E-state index contributed by atoms with van der Waals surface area (Å²) in [5.74, 6) is 0.707. The maximum absolute atomic E-state index is 11.8. The molecular formula is C24H26ClN11O2. The van der Waals surface area contributed by atoms with Gasteiger partial charge < -0.3 is 30.9 Å². The van der Waals surface area contributed by atoms with Gasteiger partial charge in [-0.1, -0.05) is 11.6 Å². The highest BCUT2D eigenvalue weighted by Crippen LogP contribution is 2.37. The number of morpholine rings is 1. The van der Waals surface area contributed by atoms with Crippen molar-refractivity contribution in [2.24, 2.45) is 0 Å². The Morgan fingerprint density at radius 2 is 2.11 bits per heavy atom. The first kappa shape index (κ1) is 25.3. The van der Waals surface area contributed by atoms with Crippen molar-refractivity contribution in [3.63, 3.8) is 0 Å². The van der Waals surface area contributed by atoms with E-state index in [4.69, 9.17) is 16.3 Å². The number of nitrogens with one attached hydrogen (secondary N) is 4. The van der Waals surface area contributed by atoms with E-state index in [0.717, 1.165) is 12.8 Å². The number of benzene rings is 1. The Morgan fingerprint density at radius 3 is 2.84 bits per heavy atom. The first-order chi connectivity index (χ1) is 18.5. The Labute approximate surface area is 223 Å². The van der Waals surface area contributed by atoms with Gasteiger partial charge in [0.1, 0.15) is 6.07 Å². The Balaban J connectivity index is 1.42. The molecule has 0 spiro atoms. The van der Waals surface area contributed by atoms with E-state index < -0.39 is 0 Å². The summed E-state index contributed by atoms with van der Waals surface area (Å²) >= 11 is 6.85. The second-order valence-electron chi connectivity index (χ2n) is 8.97. The van der Waals surface area contributed by atoms with Crippen LogP contribution >= 0.6 is 11.6 Å². The molecule has 1 saturated heterocycles. The van der Waals surface area contributed by atoms with Crippen LogP contribution < -0.4 is 26.2 Å². The molecule has 14 heteroatoms. The number of amides is 2. The summed E-state index contributed by atoms with van der Waals surface area (Å²) < 4.78 is 7.24. The number of aromatic nitrogens is 4. The molecule has 1 aliphatic carbocycles. The van der Waals surface area contributed by atoms with Crippen molar-refractivity contribution < 1.29 is 9.53 Å². The summed E-state index contributed by atoms with van der Waals surface area (Å²) in [4.78, 5) is 22.7. The van der Waals surface area contributed by atoms with Gasteiger partial charge in [0.25, 0.3) is 0 Å². The number of carbonyl (C=O) groups excluding carboxylic acids is 1. The number of ether oxygens (including phenoxy) is 1. The van der Waals surface area contributed by atoms with Crippen LogP contribution in [0, 0.1) is 22.7 Å². The Bertz CT molecular complexity index is 1440. The molecule has 1 unspecified atom stereocenters. The number of carbonyl (C=O) groups is 1. The molecular weight excluding hydrogens is 510 g/mol. The zero-order valence-electron chi connectivity index (χ0n) is 20.7. The summed E-state index contributed by atoms with van der Waals surface area (Å²) in [5, 5.41) is 36.0. The average Bonchev–Trinajstić information content (AvgIpc) is 3.64. The van der Waals surface area contributed by atoms with Crippen LogP contribution in [0.25, 0.3) is 5.65 Å². The maximum atomic E-state index is 11.8. The van der Waals surface area contributed by atoms with Gasteiger partial charge in [0.2, 0.25) is 5.95 Å². The normalized spacial score (nSPS) is 16.9. The van der Waals surface area contributed by atoms with Crippen LogP contribution in [0.4, 0.5) is 27.9 Å². The van der Waals surface area contributed by atoms with Gasteiger partial charge in [-0.05, 0) is 31.9 Å². The fourth-order valence-electron chi connectivity index (χ4n) is 4.13. The topological polar surface area (TPSA) is 168 Å². The van der Waals surface area contributed by atoms with Gasteiger partial charge in [0.15, 0.2) is 17.2 Å². The van der Waals surface area contributed by atoms with Crippen LogP contribution in [0.2, 0.25) is 5.02 Å². The number of imidazole rings is 1. The fraction of sp³-hybridized carbons (Fsp3) is 0.417. The third-order valence-corrected chi connectivity index (χ3v) is 6.53. The molecule has 2 fully saturated rings. The number of urea groups is 1. The van der Waals surface area contributed by atoms with Crippen LogP contribution in [0.1, 0.15) is 31.0 Å². The monoisotopic (exact) mass is 535 g/mol. The first-order valence-corrected chi connectivity index (χ1v) is 12.7. The molecule has 1 aromatic carbocycles. The molecule has 4 N–H and O–H groups in total. The lowest BCUT2D eigenvalue weighted by Gasteiger charge is -2.35. The van der Waals surface area contributed by atoms with E-state index in [0.29, 0.717) is 72.3 Å². The van der Waals surface area contributed by atoms with Crippen LogP contribution in [0.5, 0.6) is 0 Å². The zero-order chi connectivity index (χ0) is 26.6. The molecule has 2 aromatic heterocycles. The molecule has 1 atom stereocenters. The molecule has 3 heterocycles. The highest BCUT2D eigenvalue weighted by atomic mass is 35.5. The van der Waals surface area contributed by atoms with Crippen molar-refractivity contribution in [2.45, 2.75) is 31.9 Å². The summed E-state index contributed by atoms with van der Waals surface area (Å²) in [6.45, 7) is 4.18. The SMILES string of the molecule is CCNC(=O)NCC1CN(c2cc(C#N)cc(Nc3nc(NC4CC4)c4ncc(C#N)n4n3)c2Cl)CCO1. The van der Waals surface area contributed by atoms with Crippen molar-refractivity contribution in [3.8, 4) is 12.1 Å². The number of hydrogen-bond donors (Lipinski definition) is 4. The van der Waals surface area contributed by atoms with Crippen LogP contribution in [0.3, 0.4) is 0 Å². The van der Waals surface area contributed by atoms with Crippen molar-refractivity contribution in [2.75, 3.05) is 48.3 Å². The second-order valence-corrected chi connectivity index (χ2v) is 9.34. The van der Waals surface area contributed by atoms with Gasteiger partial charge in [-0.3, -0.25) is 0 Å². The predicted octanol–water partition coefficient (Wildman–Crippen LogP) is 2.36. The standard InChI is InChI=1S/C24H26ClN11O2/c1-2-28-24(37)30-12-17-13-35(5-6-38-17)19-8-14(9-26)7-18(20(19)25)32-23-33-21(31-15-3-4-15)22-29-11-16(10-27)36(22)34-23/h7-8,11,15,17H,2-6,12-13H2,1H3,(H2,28,30,37)(H2,31,32,33,34). The minimum Gasteiger partial charge on any atom is -0.373 e. The molecule has 196 valence electrons. The van der Waals surface area contributed by atoms with E-state index in [1.165, 1.54) is 10.7 Å². The Morgan fingerprint density at radius 1 is 1.26 bits per heavy atom. The zero-order valence-corrected chi connectivity index (χ0v) is 21.4. The molecule has 38 heavy (non-hydrogen) atoms. The van der Waals surface area contributed by atoms with Gasteiger partial charge in [0.05, 0.1) is 46.9 Å². The summed E-state index contributed by atoms with van der Waals surface area (Å²) in [6.07, 6.45) is 3.26. The van der Waals surface area contributed by atoms with E-state index in [-0.39, 0.29) is 23.8 Å². The van der Waals surface area contributed by atoms with Gasteiger partial charge in [-0.2, -0.15) is 20.0 Å². The Hall–Kier alpha value is -4.33. The molecule has 0 radical (unpaired) electrons. The van der Waals surface area contributed by atoms with E-state index in [9.17, 15) is 15.3 Å². The number of nitriles is 2. The molecule has 0 bridgehead atoms. The average molecular weight is 536 g/mol. The van der Waals surface area contributed by atoms with Crippen molar-refractivity contribution in [3.05, 3.63) is 34.6 Å². The molecule has 2 amide bonds. The first-order valence-electron chi connectivity index (χ1n) is 12.3. The van der Waals surface area contributed by atoms with Crippen LogP contribution in [-0.2, 0) is 4.74 Å². The lowest BCUT2D eigenvalue weighted by atomic mass is 10.1. The lowest BCUT2D eigenvalue weighted by molar-refractivity contribution is 0.0425. The minimum absolute atomic E-state index is 0.198. The van der Waals surface area contributed by atoms with Crippen LogP contribution in [0.15, 0.2) is 18.3 Å². The molecule has 13 nitrogen and oxygen atoms in total. The number of rotatable bonds is 8. The summed E-state index contributed by atoms with van der Waals surface area (Å²) in [6, 6.07) is 7.66. The molecule has 1 saturated carbocycles. The second kappa shape index (κ2) is 11.0. The van der Waals surface area contributed by atoms with Crippen molar-refractivity contribution in [1.82, 2.24) is 30.2 Å². The fourth-order valence-corrected chi connectivity index (χ4v) is 4.41. The Kier molecular flexibility index (Phi) is 7.31. The van der Waals surface area contributed by atoms with Gasteiger partial charge in [-0.15, -0.1) is 5.10 Å². The lowest BCUT2D eigenvalue weighted by Crippen LogP contribution is -2.49. The van der Waals surface area contributed by atoms with E-state index in [1.807, 2.05) is 11.8 Å². The highest BCUT2D eigenvalue weighted by Gasteiger charge is 2.26. The molecule has 2 aliphatic rings. The quantitative estimate of drug-likeness (QED) is 0.336. The minimum atomic E-state index is -0.255. The predicted molar refractivity (Wildman–Crippen MR) is 141 cm³/mol. The number of fused-ring (bicyclic) bond motifs is 1. The molecule has 1 aliphatic heterocycles. The third-order valence-electron chi connectivity index (χ3n) is 6.13. The summed E-state index contributed by atoms with van der Waals surface area (Å²) in [7, 11) is 0. The number of halogens is 1. The smallest absolute Gasteiger partial charge is 0.314 e. The molecule has 5 rings (SSSR count). The highest BCUT2D eigenvalue weighted by molar-refractivity contribution is 6.36. The summed E-state index contributed by atoms with van der Waals surface area (Å²) in [5.41, 5.74) is 2.21. The van der Waals surface area contributed by atoms with Crippen molar-refractivity contribution in [1.29, 1.82) is 10.5 Å². The van der Waals surface area contributed by atoms with E-state index >= 15 is 0 Å². The maximum Gasteiger partial charge on any atom is 0.314 e. The van der Waals surface area contributed by atoms with E-state index in [1.54, 1.807) is 12.1 Å². The van der Waals surface area contributed by atoms with Crippen LogP contribution in [-0.4, -0.2) is 70.5 Å². The number of nitrogens with zero attached hydrogens (tertiary/aromatic N) is 7. The van der Waals surface area contributed by atoms with Gasteiger partial charge in [0, 0.05) is 32.2 Å². The van der Waals surface area contributed by atoms with Gasteiger partial charge in [-0.25, -0.2) is 9.78 Å². The van der Waals surface area contributed by atoms with E-state index in [2.05, 4.69) is 48.5 Å². The number of anilines is 4. The largest absolute Gasteiger partial charge is 0.373 e. The van der Waals surface area contributed by atoms with Crippen molar-refractivity contribution >= 4 is 46.4 Å². The number of hydrogen-bond acceptors (Lipinski definition) is 10.